The average molecular weight is 271 g/mol. The molecule has 0 spiro atoms. The number of hydrogen-bond donors (Lipinski definition) is 1. The lowest BCUT2D eigenvalue weighted by Crippen LogP contribution is -1.99. The molecule has 3 heteroatoms. The molecule has 0 fully saturated rings. The van der Waals surface area contributed by atoms with Crippen LogP contribution in [0.3, 0.4) is 0 Å². The zero-order valence-electron chi connectivity index (χ0n) is 10.7. The normalized spacial score (nSPS) is 12.7. The van der Waals surface area contributed by atoms with Gasteiger partial charge in [-0.2, -0.15) is 0 Å². The van der Waals surface area contributed by atoms with Crippen molar-refractivity contribution in [1.82, 2.24) is 9.97 Å². The lowest BCUT2D eigenvalue weighted by Gasteiger charge is -2.14. The van der Waals surface area contributed by atoms with Gasteiger partial charge in [-0.25, -0.2) is 0 Å². The minimum absolute atomic E-state index is 0.322. The summed E-state index contributed by atoms with van der Waals surface area (Å²) in [5.74, 6) is 0.322. The van der Waals surface area contributed by atoms with Crippen LogP contribution in [0.2, 0.25) is 5.02 Å². The lowest BCUT2D eigenvalue weighted by atomic mass is 9.90. The summed E-state index contributed by atoms with van der Waals surface area (Å²) in [5, 5.41) is 1.93. The van der Waals surface area contributed by atoms with Crippen molar-refractivity contribution in [3.8, 4) is 0 Å². The Morgan fingerprint density at radius 2 is 2.16 bits per heavy atom. The second kappa shape index (κ2) is 5.06. The van der Waals surface area contributed by atoms with Crippen molar-refractivity contribution in [2.75, 3.05) is 0 Å². The SMILES string of the molecule is CCC(c1cccnc1)c1c[nH]c2cccc(Cl)c12. The van der Waals surface area contributed by atoms with Crippen molar-refractivity contribution in [2.24, 2.45) is 0 Å². The highest BCUT2D eigenvalue weighted by Gasteiger charge is 2.17. The van der Waals surface area contributed by atoms with E-state index in [-0.39, 0.29) is 0 Å². The number of aromatic nitrogens is 2. The molecule has 0 saturated carbocycles. The van der Waals surface area contributed by atoms with E-state index in [1.165, 1.54) is 11.1 Å². The van der Waals surface area contributed by atoms with Crippen molar-refractivity contribution in [1.29, 1.82) is 0 Å². The number of hydrogen-bond acceptors (Lipinski definition) is 1. The van der Waals surface area contributed by atoms with Crippen LogP contribution in [0.1, 0.15) is 30.4 Å². The molecule has 2 heterocycles. The first-order valence-corrected chi connectivity index (χ1v) is 6.84. The van der Waals surface area contributed by atoms with Crippen LogP contribution in [0, 0.1) is 0 Å². The molecule has 1 N–H and O–H groups in total. The van der Waals surface area contributed by atoms with Crippen molar-refractivity contribution in [3.63, 3.8) is 0 Å². The van der Waals surface area contributed by atoms with E-state index in [2.05, 4.69) is 35.2 Å². The number of pyridine rings is 1. The van der Waals surface area contributed by atoms with Crippen LogP contribution in [-0.4, -0.2) is 9.97 Å². The summed E-state index contributed by atoms with van der Waals surface area (Å²) < 4.78 is 0. The first-order valence-electron chi connectivity index (χ1n) is 6.46. The molecule has 19 heavy (non-hydrogen) atoms. The first-order chi connectivity index (χ1) is 9.31. The third-order valence-electron chi connectivity index (χ3n) is 3.56. The first kappa shape index (κ1) is 12.2. The highest BCUT2D eigenvalue weighted by atomic mass is 35.5. The zero-order chi connectivity index (χ0) is 13.2. The second-order valence-electron chi connectivity index (χ2n) is 4.65. The summed E-state index contributed by atoms with van der Waals surface area (Å²) in [6.45, 7) is 2.19. The number of nitrogens with one attached hydrogen (secondary N) is 1. The molecule has 0 aliphatic heterocycles. The Bertz CT molecular complexity index is 688. The summed E-state index contributed by atoms with van der Waals surface area (Å²) >= 11 is 6.36. The molecule has 0 amide bonds. The minimum Gasteiger partial charge on any atom is -0.361 e. The predicted octanol–water partition coefficient (Wildman–Crippen LogP) is 4.76. The summed E-state index contributed by atoms with van der Waals surface area (Å²) in [6, 6.07) is 10.1. The molecule has 3 rings (SSSR count). The van der Waals surface area contributed by atoms with E-state index in [0.29, 0.717) is 5.92 Å². The van der Waals surface area contributed by atoms with Gasteiger partial charge in [-0.3, -0.25) is 4.98 Å². The van der Waals surface area contributed by atoms with Gasteiger partial charge in [0.2, 0.25) is 0 Å². The number of H-pyrrole nitrogens is 1. The fourth-order valence-corrected chi connectivity index (χ4v) is 2.94. The molecule has 2 nitrogen and oxygen atoms in total. The second-order valence-corrected chi connectivity index (χ2v) is 5.06. The van der Waals surface area contributed by atoms with Gasteiger partial charge in [0.25, 0.3) is 0 Å². The molecule has 0 radical (unpaired) electrons. The molecule has 0 aliphatic carbocycles. The number of halogens is 1. The Kier molecular flexibility index (Phi) is 3.26. The molecular weight excluding hydrogens is 256 g/mol. The number of rotatable bonds is 3. The number of aromatic amines is 1. The Morgan fingerprint density at radius 3 is 2.89 bits per heavy atom. The molecule has 96 valence electrons. The summed E-state index contributed by atoms with van der Waals surface area (Å²) in [6.07, 6.45) is 6.82. The smallest absolute Gasteiger partial charge is 0.0502 e. The molecule has 3 aromatic rings. The Hall–Kier alpha value is -1.80. The van der Waals surface area contributed by atoms with E-state index in [1.807, 2.05) is 24.4 Å². The van der Waals surface area contributed by atoms with Gasteiger partial charge in [0.15, 0.2) is 0 Å². The Labute approximate surface area is 117 Å². The molecule has 0 saturated heterocycles. The number of nitrogens with zero attached hydrogens (tertiary/aromatic N) is 1. The number of benzene rings is 1. The van der Waals surface area contributed by atoms with Crippen molar-refractivity contribution < 1.29 is 0 Å². The molecule has 1 atom stereocenters. The molecule has 1 aromatic carbocycles. The van der Waals surface area contributed by atoms with Crippen LogP contribution in [-0.2, 0) is 0 Å². The van der Waals surface area contributed by atoms with Crippen LogP contribution >= 0.6 is 11.6 Å². The molecule has 0 aliphatic rings. The average Bonchev–Trinajstić information content (AvgIpc) is 2.86. The largest absolute Gasteiger partial charge is 0.361 e. The van der Waals surface area contributed by atoms with Gasteiger partial charge in [-0.15, -0.1) is 0 Å². The van der Waals surface area contributed by atoms with Gasteiger partial charge in [0.1, 0.15) is 0 Å². The molecule has 0 bridgehead atoms. The van der Waals surface area contributed by atoms with Gasteiger partial charge in [0.05, 0.1) is 5.02 Å². The Morgan fingerprint density at radius 1 is 1.26 bits per heavy atom. The lowest BCUT2D eigenvalue weighted by molar-refractivity contribution is 0.778. The zero-order valence-corrected chi connectivity index (χ0v) is 11.5. The highest BCUT2D eigenvalue weighted by Crippen LogP contribution is 2.36. The fraction of sp³-hybridized carbons (Fsp3) is 0.188. The summed E-state index contributed by atoms with van der Waals surface area (Å²) in [4.78, 5) is 7.53. The van der Waals surface area contributed by atoms with Crippen LogP contribution in [0.25, 0.3) is 10.9 Å². The predicted molar refractivity (Wildman–Crippen MR) is 79.7 cm³/mol. The van der Waals surface area contributed by atoms with Gasteiger partial charge in [-0.1, -0.05) is 30.7 Å². The van der Waals surface area contributed by atoms with E-state index in [1.54, 1.807) is 6.20 Å². The topological polar surface area (TPSA) is 28.7 Å². The molecule has 1 unspecified atom stereocenters. The summed E-state index contributed by atoms with van der Waals surface area (Å²) in [7, 11) is 0. The quantitative estimate of drug-likeness (QED) is 0.730. The maximum atomic E-state index is 6.36. The van der Waals surface area contributed by atoms with Crippen molar-refractivity contribution in [2.45, 2.75) is 19.3 Å². The third kappa shape index (κ3) is 2.13. The Balaban J connectivity index is 2.17. The van der Waals surface area contributed by atoms with Gasteiger partial charge in [0, 0.05) is 35.4 Å². The van der Waals surface area contributed by atoms with E-state index in [9.17, 15) is 0 Å². The molecule has 2 aromatic heterocycles. The standard InChI is InChI=1S/C16H15ClN2/c1-2-12(11-5-4-8-18-9-11)13-10-19-15-7-3-6-14(17)16(13)15/h3-10,12,19H,2H2,1H3. The van der Waals surface area contributed by atoms with E-state index in [0.717, 1.165) is 22.3 Å². The van der Waals surface area contributed by atoms with Gasteiger partial charge in [-0.05, 0) is 35.7 Å². The van der Waals surface area contributed by atoms with Crippen LogP contribution in [0.4, 0.5) is 0 Å². The van der Waals surface area contributed by atoms with Crippen molar-refractivity contribution >= 4 is 22.5 Å². The highest BCUT2D eigenvalue weighted by molar-refractivity contribution is 6.35. The minimum atomic E-state index is 0.322. The van der Waals surface area contributed by atoms with Crippen molar-refractivity contribution in [3.05, 3.63) is 65.1 Å². The summed E-state index contributed by atoms with van der Waals surface area (Å²) in [5.41, 5.74) is 3.56. The van der Waals surface area contributed by atoms with Crippen LogP contribution in [0.5, 0.6) is 0 Å². The van der Waals surface area contributed by atoms with E-state index < -0.39 is 0 Å². The monoisotopic (exact) mass is 270 g/mol. The van der Waals surface area contributed by atoms with Gasteiger partial charge >= 0.3 is 0 Å². The third-order valence-corrected chi connectivity index (χ3v) is 3.87. The van der Waals surface area contributed by atoms with E-state index in [4.69, 9.17) is 11.6 Å². The molecular formula is C16H15ClN2. The van der Waals surface area contributed by atoms with Crippen LogP contribution in [0.15, 0.2) is 48.9 Å². The van der Waals surface area contributed by atoms with Gasteiger partial charge < -0.3 is 4.98 Å². The van der Waals surface area contributed by atoms with E-state index >= 15 is 0 Å². The fourth-order valence-electron chi connectivity index (χ4n) is 2.66. The van der Waals surface area contributed by atoms with Crippen LogP contribution < -0.4 is 0 Å². The maximum Gasteiger partial charge on any atom is 0.0502 e. The number of fused-ring (bicyclic) bond motifs is 1. The maximum absolute atomic E-state index is 6.36.